The standard InChI is InChI=1S/C68H41N3/c1-3-15-48-39-50(35-27-42(48)13-1)44-25-29-45(30-26-44)62-41-63(51-36-28-43-14-2-4-16-49(43)40-51)71-67(70-62)47-33-31-46(32-34-47)66-56-37-38-60-65(64(56)55-20-8-12-24-61(55)69-66)54-19-7-11-23-59(54)68(60)57-21-9-5-17-52(57)53-18-6-10-22-58(53)68/h1-41H. The second-order valence-corrected chi connectivity index (χ2v) is 19.0. The number of hydrogen-bond acceptors (Lipinski definition) is 3. The number of benzene rings is 11. The molecule has 3 nitrogen and oxygen atoms in total. The van der Waals surface area contributed by atoms with Gasteiger partial charge in [-0.15, -0.1) is 0 Å². The summed E-state index contributed by atoms with van der Waals surface area (Å²) in [7, 11) is 0. The van der Waals surface area contributed by atoms with Crippen molar-refractivity contribution in [3.05, 3.63) is 271 Å². The molecular formula is C68H41N3. The van der Waals surface area contributed by atoms with E-state index >= 15 is 0 Å². The van der Waals surface area contributed by atoms with Crippen LogP contribution in [0.15, 0.2) is 249 Å². The largest absolute Gasteiger partial charge is 0.247 e. The van der Waals surface area contributed by atoms with E-state index in [0.717, 1.165) is 61.2 Å². The molecule has 71 heavy (non-hydrogen) atoms. The minimum atomic E-state index is -0.432. The van der Waals surface area contributed by atoms with Gasteiger partial charge in [0.25, 0.3) is 0 Å². The first-order chi connectivity index (χ1) is 35.2. The Morgan fingerprint density at radius 3 is 1.46 bits per heavy atom. The number of nitrogens with zero attached hydrogens (tertiary/aromatic N) is 3. The SMILES string of the molecule is c1ccc2c(c1)-c1ccccc1C21c2ccccc2-c2c1ccc1c(-c3ccc(-c4nc(-c5ccc(-c6ccc7ccccc7c6)cc5)cc(-c5ccc6ccccc6c5)n4)cc3)nc3ccccc3c21. The zero-order chi connectivity index (χ0) is 46.6. The van der Waals surface area contributed by atoms with Crippen LogP contribution in [-0.2, 0) is 5.41 Å². The molecule has 0 saturated carbocycles. The van der Waals surface area contributed by atoms with E-state index in [1.54, 1.807) is 0 Å². The van der Waals surface area contributed by atoms with Gasteiger partial charge >= 0.3 is 0 Å². The lowest BCUT2D eigenvalue weighted by Crippen LogP contribution is -2.25. The minimum absolute atomic E-state index is 0.432. The van der Waals surface area contributed by atoms with Gasteiger partial charge in [-0.2, -0.15) is 0 Å². The summed E-state index contributed by atoms with van der Waals surface area (Å²) in [4.78, 5) is 16.1. The Morgan fingerprint density at radius 2 is 0.775 bits per heavy atom. The lowest BCUT2D eigenvalue weighted by Gasteiger charge is -2.30. The first-order valence-corrected chi connectivity index (χ1v) is 24.4. The van der Waals surface area contributed by atoms with Crippen molar-refractivity contribution in [1.82, 2.24) is 15.0 Å². The molecule has 2 aliphatic rings. The highest BCUT2D eigenvalue weighted by Gasteiger charge is 2.52. The summed E-state index contributed by atoms with van der Waals surface area (Å²) >= 11 is 0. The molecule has 0 unspecified atom stereocenters. The summed E-state index contributed by atoms with van der Waals surface area (Å²) in [6, 6.07) is 90.3. The predicted molar refractivity (Wildman–Crippen MR) is 293 cm³/mol. The molecule has 11 aromatic carbocycles. The van der Waals surface area contributed by atoms with E-state index in [4.69, 9.17) is 15.0 Å². The highest BCUT2D eigenvalue weighted by atomic mass is 14.9. The van der Waals surface area contributed by atoms with Gasteiger partial charge in [-0.1, -0.05) is 224 Å². The highest BCUT2D eigenvalue weighted by Crippen LogP contribution is 2.64. The van der Waals surface area contributed by atoms with Crippen LogP contribution in [0.4, 0.5) is 0 Å². The number of para-hydroxylation sites is 1. The van der Waals surface area contributed by atoms with Crippen LogP contribution in [-0.4, -0.2) is 15.0 Å². The van der Waals surface area contributed by atoms with Crippen molar-refractivity contribution in [3.63, 3.8) is 0 Å². The molecular weight excluding hydrogens is 859 g/mol. The van der Waals surface area contributed by atoms with Gasteiger partial charge in [0, 0.05) is 38.4 Å². The van der Waals surface area contributed by atoms with E-state index in [0.29, 0.717) is 5.82 Å². The van der Waals surface area contributed by atoms with Crippen LogP contribution in [0.1, 0.15) is 22.3 Å². The van der Waals surface area contributed by atoms with Gasteiger partial charge in [0.15, 0.2) is 5.82 Å². The smallest absolute Gasteiger partial charge is 0.160 e. The quantitative estimate of drug-likeness (QED) is 0.162. The Balaban J connectivity index is 0.876. The summed E-state index contributed by atoms with van der Waals surface area (Å²) in [6.07, 6.45) is 0. The normalized spacial score (nSPS) is 12.9. The summed E-state index contributed by atoms with van der Waals surface area (Å²) in [5.41, 5.74) is 20.2. The average Bonchev–Trinajstić information content (AvgIpc) is 3.93. The van der Waals surface area contributed by atoms with Crippen molar-refractivity contribution < 1.29 is 0 Å². The van der Waals surface area contributed by atoms with Gasteiger partial charge in [0.2, 0.25) is 0 Å². The zero-order valence-electron chi connectivity index (χ0n) is 38.5. The van der Waals surface area contributed by atoms with Gasteiger partial charge in [-0.3, -0.25) is 0 Å². The monoisotopic (exact) mass is 899 g/mol. The van der Waals surface area contributed by atoms with Crippen LogP contribution in [0.5, 0.6) is 0 Å². The molecule has 328 valence electrons. The summed E-state index contributed by atoms with van der Waals surface area (Å²) < 4.78 is 0. The highest BCUT2D eigenvalue weighted by molar-refractivity contribution is 6.20. The molecule has 2 aliphatic carbocycles. The summed E-state index contributed by atoms with van der Waals surface area (Å²) in [6.45, 7) is 0. The zero-order valence-corrected chi connectivity index (χ0v) is 38.5. The molecule has 13 aromatic rings. The van der Waals surface area contributed by atoms with E-state index in [1.807, 2.05) is 0 Å². The fraction of sp³-hybridized carbons (Fsp3) is 0.0147. The van der Waals surface area contributed by atoms with Gasteiger partial charge in [-0.05, 0) is 101 Å². The van der Waals surface area contributed by atoms with Crippen LogP contribution in [0.3, 0.4) is 0 Å². The Kier molecular flexibility index (Phi) is 8.57. The predicted octanol–water partition coefficient (Wildman–Crippen LogP) is 17.2. The second-order valence-electron chi connectivity index (χ2n) is 19.0. The van der Waals surface area contributed by atoms with Gasteiger partial charge in [-0.25, -0.2) is 15.0 Å². The van der Waals surface area contributed by atoms with Crippen molar-refractivity contribution in [1.29, 1.82) is 0 Å². The Morgan fingerprint density at radius 1 is 0.282 bits per heavy atom. The average molecular weight is 900 g/mol. The molecule has 0 N–H and O–H groups in total. The third-order valence-corrected chi connectivity index (χ3v) is 15.3. The number of hydrogen-bond donors (Lipinski definition) is 0. The third-order valence-electron chi connectivity index (χ3n) is 15.3. The lowest BCUT2D eigenvalue weighted by molar-refractivity contribution is 0.794. The lowest BCUT2D eigenvalue weighted by atomic mass is 9.70. The van der Waals surface area contributed by atoms with Crippen molar-refractivity contribution in [2.75, 3.05) is 0 Å². The maximum Gasteiger partial charge on any atom is 0.160 e. The van der Waals surface area contributed by atoms with E-state index in [9.17, 15) is 0 Å². The van der Waals surface area contributed by atoms with Crippen molar-refractivity contribution >= 4 is 43.2 Å². The molecule has 0 fully saturated rings. The maximum atomic E-state index is 5.46. The fourth-order valence-electron chi connectivity index (χ4n) is 12.0. The first-order valence-electron chi connectivity index (χ1n) is 24.4. The first kappa shape index (κ1) is 39.7. The van der Waals surface area contributed by atoms with Crippen LogP contribution < -0.4 is 0 Å². The van der Waals surface area contributed by atoms with Crippen molar-refractivity contribution in [2.45, 2.75) is 5.41 Å². The van der Waals surface area contributed by atoms with Gasteiger partial charge in [0.1, 0.15) is 0 Å². The molecule has 0 atom stereocenters. The molecule has 0 amide bonds. The minimum Gasteiger partial charge on any atom is -0.247 e. The molecule has 2 aromatic heterocycles. The summed E-state index contributed by atoms with van der Waals surface area (Å²) in [5, 5.41) is 8.36. The maximum absolute atomic E-state index is 5.46. The molecule has 1 spiro atoms. The van der Waals surface area contributed by atoms with E-state index in [-0.39, 0.29) is 0 Å². The van der Waals surface area contributed by atoms with Crippen LogP contribution in [0, 0.1) is 0 Å². The van der Waals surface area contributed by atoms with E-state index < -0.39 is 5.41 Å². The van der Waals surface area contributed by atoms with Crippen LogP contribution in [0.2, 0.25) is 0 Å². The van der Waals surface area contributed by atoms with Gasteiger partial charge in [0.05, 0.1) is 28.0 Å². The molecule has 2 heterocycles. The van der Waals surface area contributed by atoms with E-state index in [1.165, 1.54) is 77.0 Å². The van der Waals surface area contributed by atoms with Crippen LogP contribution >= 0.6 is 0 Å². The summed E-state index contributed by atoms with van der Waals surface area (Å²) in [5.74, 6) is 0.670. The van der Waals surface area contributed by atoms with Gasteiger partial charge < -0.3 is 0 Å². The van der Waals surface area contributed by atoms with Crippen molar-refractivity contribution in [2.24, 2.45) is 0 Å². The third kappa shape index (κ3) is 5.93. The number of rotatable bonds is 5. The van der Waals surface area contributed by atoms with E-state index in [2.05, 4.69) is 249 Å². The Hall–Kier alpha value is -9.31. The topological polar surface area (TPSA) is 38.7 Å². The molecule has 0 bridgehead atoms. The Labute approximate surface area is 411 Å². The fourth-order valence-corrected chi connectivity index (χ4v) is 12.0. The van der Waals surface area contributed by atoms with Crippen molar-refractivity contribution in [3.8, 4) is 78.5 Å². The molecule has 0 radical (unpaired) electrons. The number of fused-ring (bicyclic) bond motifs is 16. The van der Waals surface area contributed by atoms with Crippen LogP contribution in [0.25, 0.3) is 122 Å². The molecule has 15 rings (SSSR count). The Bertz CT molecular complexity index is 4290. The number of aromatic nitrogens is 3. The molecule has 0 aliphatic heterocycles. The number of pyridine rings is 1. The molecule has 3 heteroatoms. The second kappa shape index (κ2) is 15.3. The molecule has 0 saturated heterocycles.